The molecule has 7 heteroatoms. The molecule has 2 aromatic rings. The maximum absolute atomic E-state index is 12.1. The molecule has 1 aliphatic rings. The molecular weight excluding hydrogens is 372 g/mol. The van der Waals surface area contributed by atoms with Crippen molar-refractivity contribution in [1.82, 2.24) is 0 Å². The van der Waals surface area contributed by atoms with Gasteiger partial charge in [0, 0.05) is 11.6 Å². The topological polar surface area (TPSA) is 71.1 Å². The van der Waals surface area contributed by atoms with Gasteiger partial charge in [0.1, 0.15) is 13.2 Å². The minimum Gasteiger partial charge on any atom is -0.493 e. The SMILES string of the molecule is COc1cc(/C=C/C(=O)OCC(=O)c2ccccc2Cl)cc2c1OCCO2. The predicted molar refractivity (Wildman–Crippen MR) is 99.8 cm³/mol. The minimum atomic E-state index is -0.649. The van der Waals surface area contributed by atoms with Crippen LogP contribution in [0, 0.1) is 0 Å². The summed E-state index contributed by atoms with van der Waals surface area (Å²) in [5, 5.41) is 0.317. The van der Waals surface area contributed by atoms with E-state index in [-0.39, 0.29) is 5.78 Å². The van der Waals surface area contributed by atoms with E-state index in [1.165, 1.54) is 13.2 Å². The maximum atomic E-state index is 12.1. The first-order valence-electron chi connectivity index (χ1n) is 8.18. The van der Waals surface area contributed by atoms with Crippen LogP contribution in [-0.2, 0) is 9.53 Å². The predicted octanol–water partition coefficient (Wildman–Crippen LogP) is 3.56. The summed E-state index contributed by atoms with van der Waals surface area (Å²) in [4.78, 5) is 24.0. The number of benzene rings is 2. The lowest BCUT2D eigenvalue weighted by Gasteiger charge is -2.20. The quantitative estimate of drug-likeness (QED) is 0.428. The number of carbonyl (C=O) groups is 2. The van der Waals surface area contributed by atoms with Gasteiger partial charge in [0.2, 0.25) is 11.5 Å². The molecule has 0 atom stereocenters. The summed E-state index contributed by atoms with van der Waals surface area (Å²) in [6.45, 7) is 0.497. The molecule has 0 spiro atoms. The van der Waals surface area contributed by atoms with Gasteiger partial charge >= 0.3 is 5.97 Å². The van der Waals surface area contributed by atoms with E-state index in [1.807, 2.05) is 0 Å². The third-order valence-electron chi connectivity index (χ3n) is 3.78. The number of hydrogen-bond donors (Lipinski definition) is 0. The van der Waals surface area contributed by atoms with Crippen molar-refractivity contribution in [3.63, 3.8) is 0 Å². The Bertz CT molecular complexity index is 873. The first-order chi connectivity index (χ1) is 13.1. The third-order valence-corrected chi connectivity index (χ3v) is 4.11. The van der Waals surface area contributed by atoms with Crippen molar-refractivity contribution >= 4 is 29.4 Å². The van der Waals surface area contributed by atoms with E-state index in [2.05, 4.69) is 0 Å². The molecule has 0 aliphatic carbocycles. The third kappa shape index (κ3) is 4.60. The molecule has 0 saturated heterocycles. The Morgan fingerprint density at radius 1 is 1.19 bits per heavy atom. The Morgan fingerprint density at radius 2 is 1.96 bits per heavy atom. The number of fused-ring (bicyclic) bond motifs is 1. The number of esters is 1. The number of rotatable bonds is 6. The highest BCUT2D eigenvalue weighted by Gasteiger charge is 2.18. The molecule has 3 rings (SSSR count). The van der Waals surface area contributed by atoms with Crippen LogP contribution in [0.2, 0.25) is 5.02 Å². The van der Waals surface area contributed by atoms with Crippen LogP contribution >= 0.6 is 11.6 Å². The lowest BCUT2D eigenvalue weighted by Crippen LogP contribution is -2.16. The first-order valence-corrected chi connectivity index (χ1v) is 8.56. The Labute approximate surface area is 161 Å². The maximum Gasteiger partial charge on any atom is 0.331 e. The molecular formula is C20H17ClO6. The van der Waals surface area contributed by atoms with Gasteiger partial charge in [-0.15, -0.1) is 0 Å². The molecule has 0 fully saturated rings. The van der Waals surface area contributed by atoms with E-state index in [0.717, 1.165) is 0 Å². The monoisotopic (exact) mass is 388 g/mol. The standard InChI is InChI=1S/C20H17ClO6/c1-24-17-10-13(11-18-20(17)26-9-8-25-18)6-7-19(23)27-12-16(22)14-4-2-3-5-15(14)21/h2-7,10-11H,8-9,12H2,1H3/b7-6+. The van der Waals surface area contributed by atoms with Gasteiger partial charge in [-0.1, -0.05) is 23.7 Å². The molecule has 0 saturated carbocycles. The van der Waals surface area contributed by atoms with Crippen molar-refractivity contribution in [2.24, 2.45) is 0 Å². The second-order valence-corrected chi connectivity index (χ2v) is 6.00. The Balaban J connectivity index is 1.63. The van der Waals surface area contributed by atoms with Crippen LogP contribution in [-0.4, -0.2) is 38.7 Å². The summed E-state index contributed by atoms with van der Waals surface area (Å²) in [7, 11) is 1.52. The summed E-state index contributed by atoms with van der Waals surface area (Å²) >= 11 is 5.95. The fourth-order valence-electron chi connectivity index (χ4n) is 2.50. The zero-order valence-corrected chi connectivity index (χ0v) is 15.3. The number of ketones is 1. The molecule has 0 bridgehead atoms. The molecule has 6 nitrogen and oxygen atoms in total. The van der Waals surface area contributed by atoms with Crippen LogP contribution in [0.3, 0.4) is 0 Å². The van der Waals surface area contributed by atoms with Gasteiger partial charge in [0.05, 0.1) is 12.1 Å². The highest BCUT2D eigenvalue weighted by molar-refractivity contribution is 6.34. The van der Waals surface area contributed by atoms with E-state index in [0.29, 0.717) is 46.6 Å². The lowest BCUT2D eigenvalue weighted by molar-refractivity contribution is -0.136. The van der Waals surface area contributed by atoms with Crippen LogP contribution in [0.15, 0.2) is 42.5 Å². The van der Waals surface area contributed by atoms with Gasteiger partial charge < -0.3 is 18.9 Å². The number of carbonyl (C=O) groups excluding carboxylic acids is 2. The van der Waals surface area contributed by atoms with Crippen molar-refractivity contribution in [3.05, 3.63) is 58.6 Å². The van der Waals surface area contributed by atoms with Crippen molar-refractivity contribution < 1.29 is 28.5 Å². The highest BCUT2D eigenvalue weighted by atomic mass is 35.5. The molecule has 0 unspecified atom stereocenters. The molecule has 27 heavy (non-hydrogen) atoms. The van der Waals surface area contributed by atoms with Gasteiger partial charge in [0.25, 0.3) is 0 Å². The fourth-order valence-corrected chi connectivity index (χ4v) is 2.74. The number of ether oxygens (including phenoxy) is 4. The second-order valence-electron chi connectivity index (χ2n) is 5.59. The number of hydrogen-bond acceptors (Lipinski definition) is 6. The normalized spacial score (nSPS) is 12.7. The molecule has 2 aromatic carbocycles. The number of halogens is 1. The molecule has 1 heterocycles. The lowest BCUT2D eigenvalue weighted by atomic mass is 10.1. The van der Waals surface area contributed by atoms with Crippen molar-refractivity contribution in [3.8, 4) is 17.2 Å². The van der Waals surface area contributed by atoms with E-state index in [4.69, 9.17) is 30.5 Å². The average Bonchev–Trinajstić information content (AvgIpc) is 2.70. The first kappa shape index (κ1) is 18.8. The van der Waals surface area contributed by atoms with E-state index < -0.39 is 12.6 Å². The summed E-state index contributed by atoms with van der Waals surface area (Å²) < 4.78 is 21.3. The van der Waals surface area contributed by atoms with Crippen molar-refractivity contribution in [1.29, 1.82) is 0 Å². The van der Waals surface area contributed by atoms with Crippen molar-refractivity contribution in [2.45, 2.75) is 0 Å². The zero-order valence-electron chi connectivity index (χ0n) is 14.6. The zero-order chi connectivity index (χ0) is 19.2. The largest absolute Gasteiger partial charge is 0.493 e. The average molecular weight is 389 g/mol. The van der Waals surface area contributed by atoms with Crippen LogP contribution < -0.4 is 14.2 Å². The molecule has 140 valence electrons. The van der Waals surface area contributed by atoms with Crippen LogP contribution in [0.25, 0.3) is 6.08 Å². The fraction of sp³-hybridized carbons (Fsp3) is 0.200. The van der Waals surface area contributed by atoms with Gasteiger partial charge in [-0.3, -0.25) is 4.79 Å². The number of Topliss-reactive ketones (excluding diaryl/α,β-unsaturated/α-hetero) is 1. The second kappa shape index (κ2) is 8.60. The molecule has 0 radical (unpaired) electrons. The van der Waals surface area contributed by atoms with Gasteiger partial charge in [-0.25, -0.2) is 4.79 Å². The number of methoxy groups -OCH3 is 1. The van der Waals surface area contributed by atoms with Gasteiger partial charge in [-0.05, 0) is 35.9 Å². The summed E-state index contributed by atoms with van der Waals surface area (Å²) in [5.74, 6) is 0.568. The minimum absolute atomic E-state index is 0.313. The highest BCUT2D eigenvalue weighted by Crippen LogP contribution is 2.40. The van der Waals surface area contributed by atoms with Gasteiger partial charge in [0.15, 0.2) is 18.1 Å². The Morgan fingerprint density at radius 3 is 2.74 bits per heavy atom. The van der Waals surface area contributed by atoms with E-state index in [1.54, 1.807) is 42.5 Å². The van der Waals surface area contributed by atoms with Crippen LogP contribution in [0.4, 0.5) is 0 Å². The molecule has 0 aromatic heterocycles. The Hall–Kier alpha value is -2.99. The smallest absolute Gasteiger partial charge is 0.331 e. The van der Waals surface area contributed by atoms with E-state index >= 15 is 0 Å². The van der Waals surface area contributed by atoms with Crippen LogP contribution in [0.1, 0.15) is 15.9 Å². The van der Waals surface area contributed by atoms with Crippen molar-refractivity contribution in [2.75, 3.05) is 26.9 Å². The van der Waals surface area contributed by atoms with Crippen LogP contribution in [0.5, 0.6) is 17.2 Å². The molecule has 0 N–H and O–H groups in total. The molecule has 0 amide bonds. The summed E-state index contributed by atoms with van der Waals surface area (Å²) in [6, 6.07) is 10.0. The van der Waals surface area contributed by atoms with Gasteiger partial charge in [-0.2, -0.15) is 0 Å². The molecule has 1 aliphatic heterocycles. The summed E-state index contributed by atoms with van der Waals surface area (Å²) in [5.41, 5.74) is 0.984. The Kier molecular flexibility index (Phi) is 5.98. The van der Waals surface area contributed by atoms with E-state index in [9.17, 15) is 9.59 Å². The summed E-state index contributed by atoms with van der Waals surface area (Å²) in [6.07, 6.45) is 2.77.